The summed E-state index contributed by atoms with van der Waals surface area (Å²) in [5, 5.41) is 12.2. The van der Waals surface area contributed by atoms with Crippen LogP contribution >= 0.6 is 31.9 Å². The minimum absolute atomic E-state index is 0.0794. The monoisotopic (exact) mass is 582 g/mol. The Morgan fingerprint density at radius 2 is 1.74 bits per heavy atom. The van der Waals surface area contributed by atoms with E-state index in [0.717, 1.165) is 11.1 Å². The first-order valence-corrected chi connectivity index (χ1v) is 11.7. The van der Waals surface area contributed by atoms with E-state index in [1.165, 1.54) is 25.3 Å². The van der Waals surface area contributed by atoms with Crippen molar-refractivity contribution in [3.05, 3.63) is 97.4 Å². The van der Waals surface area contributed by atoms with Crippen molar-refractivity contribution in [3.8, 4) is 11.8 Å². The van der Waals surface area contributed by atoms with Crippen molar-refractivity contribution in [3.63, 3.8) is 0 Å². The van der Waals surface area contributed by atoms with Gasteiger partial charge in [-0.15, -0.1) is 0 Å². The highest BCUT2D eigenvalue weighted by atomic mass is 79.9. The first kappa shape index (κ1) is 25.2. The molecule has 0 saturated heterocycles. The molecule has 0 saturated carbocycles. The second-order valence-corrected chi connectivity index (χ2v) is 8.99. The number of esters is 1. The number of halogens is 2. The molecule has 172 valence electrons. The molecular weight excluding hydrogens is 564 g/mol. The Balaban J connectivity index is 1.74. The van der Waals surface area contributed by atoms with E-state index >= 15 is 0 Å². The summed E-state index contributed by atoms with van der Waals surface area (Å²) in [7, 11) is 1.29. The smallest absolute Gasteiger partial charge is 0.337 e. The van der Waals surface area contributed by atoms with Crippen LogP contribution in [0.3, 0.4) is 0 Å². The van der Waals surface area contributed by atoms with E-state index in [0.29, 0.717) is 38.1 Å². The highest BCUT2D eigenvalue weighted by Crippen LogP contribution is 2.36. The van der Waals surface area contributed by atoms with Crippen LogP contribution in [0.25, 0.3) is 6.08 Å². The number of hydrogen-bond donors (Lipinski definition) is 1. The fourth-order valence-corrected chi connectivity index (χ4v) is 4.53. The molecular formula is C26H20Br2N2O4. The number of nitriles is 1. The molecule has 0 fully saturated rings. The molecule has 34 heavy (non-hydrogen) atoms. The number of carbonyl (C=O) groups excluding carboxylic acids is 2. The van der Waals surface area contributed by atoms with E-state index in [9.17, 15) is 14.9 Å². The van der Waals surface area contributed by atoms with E-state index < -0.39 is 11.9 Å². The van der Waals surface area contributed by atoms with Crippen LogP contribution in [0.5, 0.6) is 5.75 Å². The summed E-state index contributed by atoms with van der Waals surface area (Å²) in [5.41, 5.74) is 3.56. The van der Waals surface area contributed by atoms with Gasteiger partial charge < -0.3 is 14.8 Å². The lowest BCUT2D eigenvalue weighted by Crippen LogP contribution is -2.13. The van der Waals surface area contributed by atoms with Gasteiger partial charge in [-0.1, -0.05) is 29.8 Å². The van der Waals surface area contributed by atoms with E-state index in [1.54, 1.807) is 24.3 Å². The molecule has 0 aliphatic heterocycles. The second-order valence-electron chi connectivity index (χ2n) is 7.28. The molecule has 0 aliphatic rings. The molecule has 1 N–H and O–H groups in total. The van der Waals surface area contributed by atoms with Crippen molar-refractivity contribution >= 4 is 55.5 Å². The van der Waals surface area contributed by atoms with Crippen molar-refractivity contribution in [1.82, 2.24) is 0 Å². The summed E-state index contributed by atoms with van der Waals surface area (Å²) in [6.07, 6.45) is 1.48. The molecule has 8 heteroatoms. The molecule has 0 aromatic heterocycles. The number of rotatable bonds is 7. The van der Waals surface area contributed by atoms with E-state index in [4.69, 9.17) is 4.74 Å². The van der Waals surface area contributed by atoms with Crippen LogP contribution in [0.1, 0.15) is 27.0 Å². The van der Waals surface area contributed by atoms with Crippen LogP contribution in [0, 0.1) is 18.3 Å². The number of methoxy groups -OCH3 is 1. The third-order valence-electron chi connectivity index (χ3n) is 4.73. The molecule has 0 unspecified atom stereocenters. The standard InChI is InChI=1S/C26H20Br2N2O4/c1-16-4-3-5-17(10-16)15-34-24-22(27)12-18(13-23(24)28)11-20(14-29)25(31)30-21-8-6-19(7-9-21)26(32)33-2/h3-13H,15H2,1-2H3,(H,30,31)/b20-11+. The molecule has 0 aliphatic carbocycles. The highest BCUT2D eigenvalue weighted by molar-refractivity contribution is 9.11. The number of anilines is 1. The van der Waals surface area contributed by atoms with Crippen LogP contribution in [-0.4, -0.2) is 19.0 Å². The Labute approximate surface area is 214 Å². The van der Waals surface area contributed by atoms with Gasteiger partial charge in [-0.2, -0.15) is 5.26 Å². The summed E-state index contributed by atoms with van der Waals surface area (Å²) < 4.78 is 12.0. The van der Waals surface area contributed by atoms with Crippen molar-refractivity contribution in [2.24, 2.45) is 0 Å². The van der Waals surface area contributed by atoms with Gasteiger partial charge >= 0.3 is 5.97 Å². The van der Waals surface area contributed by atoms with Gasteiger partial charge in [0.2, 0.25) is 0 Å². The number of nitrogens with one attached hydrogen (secondary N) is 1. The molecule has 3 aromatic rings. The molecule has 1 amide bonds. The molecule has 3 rings (SSSR count). The maximum absolute atomic E-state index is 12.6. The average Bonchev–Trinajstić information content (AvgIpc) is 2.82. The lowest BCUT2D eigenvalue weighted by molar-refractivity contribution is -0.112. The van der Waals surface area contributed by atoms with Crippen molar-refractivity contribution in [2.45, 2.75) is 13.5 Å². The van der Waals surface area contributed by atoms with E-state index in [-0.39, 0.29) is 5.57 Å². The molecule has 0 heterocycles. The van der Waals surface area contributed by atoms with Crippen LogP contribution in [0.15, 0.2) is 75.2 Å². The number of ether oxygens (including phenoxy) is 2. The lowest BCUT2D eigenvalue weighted by atomic mass is 10.1. The third kappa shape index (κ3) is 6.56. The zero-order valence-corrected chi connectivity index (χ0v) is 21.6. The van der Waals surface area contributed by atoms with Crippen LogP contribution < -0.4 is 10.1 Å². The number of benzene rings is 3. The molecule has 0 bridgehead atoms. The van der Waals surface area contributed by atoms with Crippen molar-refractivity contribution in [2.75, 3.05) is 12.4 Å². The molecule has 0 atom stereocenters. The number of carbonyl (C=O) groups is 2. The zero-order valence-electron chi connectivity index (χ0n) is 18.4. The summed E-state index contributed by atoms with van der Waals surface area (Å²) in [4.78, 5) is 24.1. The quantitative estimate of drug-likeness (QED) is 0.197. The largest absolute Gasteiger partial charge is 0.487 e. The van der Waals surface area contributed by atoms with Crippen LogP contribution in [0.4, 0.5) is 5.69 Å². The summed E-state index contributed by atoms with van der Waals surface area (Å²) in [6.45, 7) is 2.42. The lowest BCUT2D eigenvalue weighted by Gasteiger charge is -2.12. The van der Waals surface area contributed by atoms with Gasteiger partial charge in [0.15, 0.2) is 0 Å². The van der Waals surface area contributed by atoms with Gasteiger partial charge in [0, 0.05) is 5.69 Å². The van der Waals surface area contributed by atoms with Crippen LogP contribution in [-0.2, 0) is 16.1 Å². The first-order chi connectivity index (χ1) is 16.3. The number of aryl methyl sites for hydroxylation is 1. The van der Waals surface area contributed by atoms with Gasteiger partial charge in [-0.3, -0.25) is 4.79 Å². The van der Waals surface area contributed by atoms with Crippen molar-refractivity contribution in [1.29, 1.82) is 5.26 Å². The fraction of sp³-hybridized carbons (Fsp3) is 0.115. The summed E-state index contributed by atoms with van der Waals surface area (Å²) in [5.74, 6) is -0.425. The Hall–Kier alpha value is -3.41. The number of nitrogens with zero attached hydrogens (tertiary/aromatic N) is 1. The second kappa shape index (κ2) is 11.6. The van der Waals surface area contributed by atoms with Gasteiger partial charge in [-0.05, 0) is 92.4 Å². The normalized spacial score (nSPS) is 10.9. The van der Waals surface area contributed by atoms with Gasteiger partial charge in [0.05, 0.1) is 21.6 Å². The minimum atomic E-state index is -0.569. The summed E-state index contributed by atoms with van der Waals surface area (Å²) in [6, 6.07) is 19.7. The zero-order chi connectivity index (χ0) is 24.7. The first-order valence-electron chi connectivity index (χ1n) is 10.1. The number of hydrogen-bond acceptors (Lipinski definition) is 5. The molecule has 0 radical (unpaired) electrons. The van der Waals surface area contributed by atoms with Crippen molar-refractivity contribution < 1.29 is 19.1 Å². The maximum Gasteiger partial charge on any atom is 0.337 e. The van der Waals surface area contributed by atoms with E-state index in [1.807, 2.05) is 31.2 Å². The highest BCUT2D eigenvalue weighted by Gasteiger charge is 2.13. The predicted octanol–water partition coefficient (Wildman–Crippen LogP) is 6.43. The molecule has 0 spiro atoms. The van der Waals surface area contributed by atoms with Crippen LogP contribution in [0.2, 0.25) is 0 Å². The third-order valence-corrected chi connectivity index (χ3v) is 5.90. The van der Waals surface area contributed by atoms with E-state index in [2.05, 4.69) is 48.0 Å². The predicted molar refractivity (Wildman–Crippen MR) is 137 cm³/mol. The van der Waals surface area contributed by atoms with Gasteiger partial charge in [-0.25, -0.2) is 4.79 Å². The Bertz CT molecular complexity index is 1270. The summed E-state index contributed by atoms with van der Waals surface area (Å²) >= 11 is 7.01. The number of amides is 1. The Kier molecular flexibility index (Phi) is 8.63. The SMILES string of the molecule is COC(=O)c1ccc(NC(=O)/C(C#N)=C/c2cc(Br)c(OCc3cccc(C)c3)c(Br)c2)cc1. The minimum Gasteiger partial charge on any atom is -0.487 e. The molecule has 3 aromatic carbocycles. The average molecular weight is 584 g/mol. The topological polar surface area (TPSA) is 88.4 Å². The Morgan fingerprint density at radius 1 is 1.06 bits per heavy atom. The molecule has 6 nitrogen and oxygen atoms in total. The maximum atomic E-state index is 12.6. The fourth-order valence-electron chi connectivity index (χ4n) is 3.08. The van der Waals surface area contributed by atoms with Gasteiger partial charge in [0.1, 0.15) is 24.0 Å². The Morgan fingerprint density at radius 3 is 2.32 bits per heavy atom. The van der Waals surface area contributed by atoms with Gasteiger partial charge in [0.25, 0.3) is 5.91 Å².